The number of carboxylic acid groups (broad SMARTS) is 1. The van der Waals surface area contributed by atoms with E-state index in [1.165, 1.54) is 0 Å². The summed E-state index contributed by atoms with van der Waals surface area (Å²) in [5.41, 5.74) is 3.26. The van der Waals surface area contributed by atoms with E-state index in [2.05, 4.69) is 22.8 Å². The van der Waals surface area contributed by atoms with Crippen LogP contribution >= 0.6 is 0 Å². The molecule has 0 aliphatic heterocycles. The number of fused-ring (bicyclic) bond motifs is 3. The lowest BCUT2D eigenvalue weighted by atomic mass is 9.76. The fourth-order valence-corrected chi connectivity index (χ4v) is 4.71. The van der Waals surface area contributed by atoms with Gasteiger partial charge in [-0.1, -0.05) is 68.8 Å². The Morgan fingerprint density at radius 2 is 1.64 bits per heavy atom. The number of benzene rings is 2. The third kappa shape index (κ3) is 4.32. The molecule has 3 N–H and O–H groups in total. The minimum Gasteiger partial charge on any atom is -0.480 e. The topological polar surface area (TPSA) is 105 Å². The lowest BCUT2D eigenvalue weighted by Crippen LogP contribution is -2.63. The Hall–Kier alpha value is -3.35. The van der Waals surface area contributed by atoms with Gasteiger partial charge in [-0.2, -0.15) is 0 Å². The van der Waals surface area contributed by atoms with Gasteiger partial charge in [-0.05, 0) is 47.4 Å². The zero-order valence-corrected chi connectivity index (χ0v) is 19.0. The molecule has 0 spiro atoms. The number of amides is 2. The highest BCUT2D eigenvalue weighted by Gasteiger charge is 2.47. The van der Waals surface area contributed by atoms with Gasteiger partial charge in [0.25, 0.3) is 0 Å². The number of carboxylic acids is 1. The Morgan fingerprint density at radius 3 is 2.12 bits per heavy atom. The summed E-state index contributed by atoms with van der Waals surface area (Å²) in [4.78, 5) is 37.3. The first-order valence-electron chi connectivity index (χ1n) is 11.5. The van der Waals surface area contributed by atoms with E-state index in [0.717, 1.165) is 28.7 Å². The van der Waals surface area contributed by atoms with Crippen molar-refractivity contribution in [3.8, 4) is 11.1 Å². The monoisotopic (exact) mass is 450 g/mol. The number of carbonyl (C=O) groups excluding carboxylic acids is 2. The Bertz CT molecular complexity index is 1020. The van der Waals surface area contributed by atoms with Crippen molar-refractivity contribution in [2.24, 2.45) is 5.92 Å². The second kappa shape index (κ2) is 9.25. The number of alkyl carbamates (subject to hydrolysis) is 1. The van der Waals surface area contributed by atoms with E-state index in [9.17, 15) is 19.5 Å². The zero-order chi connectivity index (χ0) is 23.6. The highest BCUT2D eigenvalue weighted by Crippen LogP contribution is 2.44. The third-order valence-corrected chi connectivity index (χ3v) is 7.09. The van der Waals surface area contributed by atoms with Crippen LogP contribution in [-0.2, 0) is 14.3 Å². The predicted molar refractivity (Wildman–Crippen MR) is 124 cm³/mol. The summed E-state index contributed by atoms with van der Waals surface area (Å²) in [7, 11) is 0. The van der Waals surface area contributed by atoms with E-state index in [-0.39, 0.29) is 18.4 Å². The molecular formula is C26H30N2O5. The smallest absolute Gasteiger partial charge is 0.407 e. The van der Waals surface area contributed by atoms with Crippen molar-refractivity contribution >= 4 is 18.0 Å². The number of rotatable bonds is 8. The molecule has 2 aromatic rings. The molecular weight excluding hydrogens is 420 g/mol. The molecule has 4 rings (SSSR count). The number of ether oxygens (including phenoxy) is 1. The van der Waals surface area contributed by atoms with Crippen molar-refractivity contribution < 1.29 is 24.2 Å². The van der Waals surface area contributed by atoms with E-state index < -0.39 is 29.6 Å². The Morgan fingerprint density at radius 1 is 1.06 bits per heavy atom. The van der Waals surface area contributed by atoms with Crippen molar-refractivity contribution in [1.29, 1.82) is 0 Å². The zero-order valence-electron chi connectivity index (χ0n) is 19.0. The molecule has 2 aliphatic carbocycles. The van der Waals surface area contributed by atoms with Crippen LogP contribution < -0.4 is 10.6 Å². The molecule has 0 bridgehead atoms. The fraction of sp³-hybridized carbons (Fsp3) is 0.423. The minimum atomic E-state index is -1.23. The molecule has 7 nitrogen and oxygen atoms in total. The van der Waals surface area contributed by atoms with Gasteiger partial charge in [0.15, 0.2) is 0 Å². The highest BCUT2D eigenvalue weighted by molar-refractivity contribution is 5.92. The normalized spacial score (nSPS) is 17.6. The molecule has 2 atom stereocenters. The molecule has 2 amide bonds. The van der Waals surface area contributed by atoms with Gasteiger partial charge in [0.1, 0.15) is 18.2 Å². The molecule has 33 heavy (non-hydrogen) atoms. The molecule has 2 aromatic carbocycles. The molecule has 1 fully saturated rings. The summed E-state index contributed by atoms with van der Waals surface area (Å²) in [6.07, 6.45) is 1.50. The summed E-state index contributed by atoms with van der Waals surface area (Å²) in [5, 5.41) is 14.9. The van der Waals surface area contributed by atoms with Crippen LogP contribution in [0.25, 0.3) is 11.1 Å². The van der Waals surface area contributed by atoms with E-state index in [1.54, 1.807) is 0 Å². The SMILES string of the molecule is CC[C@H](C)[C@H](NC(=O)OCC1c2ccccc2-c2ccccc21)C(=O)NC1(C(=O)O)CCC1. The average molecular weight is 451 g/mol. The van der Waals surface area contributed by atoms with Crippen LogP contribution in [0.1, 0.15) is 56.6 Å². The molecule has 0 unspecified atom stereocenters. The van der Waals surface area contributed by atoms with Crippen LogP contribution in [-0.4, -0.2) is 41.3 Å². The summed E-state index contributed by atoms with van der Waals surface area (Å²) in [6, 6.07) is 15.3. The van der Waals surface area contributed by atoms with E-state index in [1.807, 2.05) is 50.2 Å². The van der Waals surface area contributed by atoms with Crippen LogP contribution in [0.2, 0.25) is 0 Å². The summed E-state index contributed by atoms with van der Waals surface area (Å²) >= 11 is 0. The number of carbonyl (C=O) groups is 3. The van der Waals surface area contributed by atoms with Gasteiger partial charge in [0, 0.05) is 5.92 Å². The number of hydrogen-bond acceptors (Lipinski definition) is 4. The standard InChI is InChI=1S/C26H30N2O5/c1-3-16(2)22(23(29)28-26(24(30)31)13-8-14-26)27-25(32)33-15-21-19-11-6-4-9-17(19)18-10-5-7-12-20(18)21/h4-7,9-12,16,21-22H,3,8,13-15H2,1-2H3,(H,27,32)(H,28,29)(H,30,31)/t16-,22-/m0/s1. The number of hydrogen-bond donors (Lipinski definition) is 3. The van der Waals surface area contributed by atoms with Gasteiger partial charge in [-0.3, -0.25) is 4.79 Å². The van der Waals surface area contributed by atoms with Gasteiger partial charge in [0.2, 0.25) is 5.91 Å². The molecule has 2 aliphatic rings. The van der Waals surface area contributed by atoms with Gasteiger partial charge < -0.3 is 20.5 Å². The summed E-state index contributed by atoms with van der Waals surface area (Å²) < 4.78 is 5.59. The Kier molecular flexibility index (Phi) is 6.40. The van der Waals surface area contributed by atoms with Crippen molar-refractivity contribution in [1.82, 2.24) is 10.6 Å². The Labute approximate surface area is 193 Å². The van der Waals surface area contributed by atoms with Crippen LogP contribution in [0.5, 0.6) is 0 Å². The van der Waals surface area contributed by atoms with Crippen molar-refractivity contribution in [2.75, 3.05) is 6.61 Å². The van der Waals surface area contributed by atoms with Gasteiger partial charge in [-0.25, -0.2) is 9.59 Å². The van der Waals surface area contributed by atoms with E-state index in [4.69, 9.17) is 4.74 Å². The van der Waals surface area contributed by atoms with Gasteiger partial charge in [0.05, 0.1) is 0 Å². The fourth-order valence-electron chi connectivity index (χ4n) is 4.71. The summed E-state index contributed by atoms with van der Waals surface area (Å²) in [5.74, 6) is -1.79. The largest absolute Gasteiger partial charge is 0.480 e. The summed E-state index contributed by atoms with van der Waals surface area (Å²) in [6.45, 7) is 3.91. The van der Waals surface area contributed by atoms with Crippen LogP contribution in [0.4, 0.5) is 4.79 Å². The molecule has 0 heterocycles. The molecule has 0 radical (unpaired) electrons. The molecule has 0 saturated heterocycles. The van der Waals surface area contributed by atoms with E-state index >= 15 is 0 Å². The van der Waals surface area contributed by atoms with Crippen molar-refractivity contribution in [2.45, 2.75) is 57.0 Å². The number of aliphatic carboxylic acids is 1. The predicted octanol–water partition coefficient (Wildman–Crippen LogP) is 4.06. The molecule has 7 heteroatoms. The van der Waals surface area contributed by atoms with E-state index in [0.29, 0.717) is 19.3 Å². The maximum Gasteiger partial charge on any atom is 0.407 e. The van der Waals surface area contributed by atoms with Gasteiger partial charge in [-0.15, -0.1) is 0 Å². The number of nitrogens with one attached hydrogen (secondary N) is 2. The lowest BCUT2D eigenvalue weighted by Gasteiger charge is -2.39. The van der Waals surface area contributed by atoms with Crippen molar-refractivity contribution in [3.05, 3.63) is 59.7 Å². The van der Waals surface area contributed by atoms with Crippen LogP contribution in [0.3, 0.4) is 0 Å². The first-order valence-corrected chi connectivity index (χ1v) is 11.5. The first kappa shape index (κ1) is 22.8. The Balaban J connectivity index is 1.43. The molecule has 0 aromatic heterocycles. The first-order chi connectivity index (χ1) is 15.9. The third-order valence-electron chi connectivity index (χ3n) is 7.09. The minimum absolute atomic E-state index is 0.0794. The maximum absolute atomic E-state index is 12.9. The maximum atomic E-state index is 12.9. The second-order valence-electron chi connectivity index (χ2n) is 9.06. The second-order valence-corrected chi connectivity index (χ2v) is 9.06. The quantitative estimate of drug-likeness (QED) is 0.563. The van der Waals surface area contributed by atoms with Crippen molar-refractivity contribution in [3.63, 3.8) is 0 Å². The van der Waals surface area contributed by atoms with Gasteiger partial charge >= 0.3 is 12.1 Å². The highest BCUT2D eigenvalue weighted by atomic mass is 16.5. The molecule has 174 valence electrons. The average Bonchev–Trinajstić information content (AvgIpc) is 3.11. The van der Waals surface area contributed by atoms with Crippen LogP contribution in [0.15, 0.2) is 48.5 Å². The van der Waals surface area contributed by atoms with Crippen LogP contribution in [0, 0.1) is 5.92 Å². The molecule has 1 saturated carbocycles. The lowest BCUT2D eigenvalue weighted by molar-refractivity contribution is -0.152.